The third kappa shape index (κ3) is 4.29. The molecular weight excluding hydrogens is 264 g/mol. The molecule has 0 spiro atoms. The Morgan fingerprint density at radius 1 is 1.19 bits per heavy atom. The smallest absolute Gasteiger partial charge is 0.229 e. The highest BCUT2D eigenvalue weighted by atomic mass is 16.2. The molecule has 1 saturated carbocycles. The fraction of sp³-hybridized carbons (Fsp3) is 0.882. The Morgan fingerprint density at radius 3 is 2.29 bits per heavy atom. The molecule has 2 aliphatic rings. The van der Waals surface area contributed by atoms with Crippen LogP contribution in [0.2, 0.25) is 0 Å². The first kappa shape index (κ1) is 16.5. The van der Waals surface area contributed by atoms with Crippen molar-refractivity contribution in [3.05, 3.63) is 0 Å². The molecule has 2 rings (SSSR count). The average molecular weight is 294 g/mol. The number of amides is 2. The summed E-state index contributed by atoms with van der Waals surface area (Å²) in [6, 6.07) is 0.279. The second kappa shape index (κ2) is 6.91. The highest BCUT2D eigenvalue weighted by Crippen LogP contribution is 2.33. The standard InChI is InChI=1S/C17H30N2O2/c1-4-9-18-14(13-7-5-6-8-13)12-19-15(20)10-17(2,3)11-16(19)21/h13-14,18H,4-12H2,1-3H3. The van der Waals surface area contributed by atoms with E-state index in [1.807, 2.05) is 13.8 Å². The van der Waals surface area contributed by atoms with Gasteiger partial charge in [0.1, 0.15) is 0 Å². The summed E-state index contributed by atoms with van der Waals surface area (Å²) in [5.41, 5.74) is -0.176. The molecule has 2 fully saturated rings. The molecule has 1 aliphatic heterocycles. The van der Waals surface area contributed by atoms with Gasteiger partial charge >= 0.3 is 0 Å². The summed E-state index contributed by atoms with van der Waals surface area (Å²) in [6.45, 7) is 7.69. The van der Waals surface area contributed by atoms with Crippen molar-refractivity contribution in [3.8, 4) is 0 Å². The molecule has 1 atom stereocenters. The third-order valence-electron chi connectivity index (χ3n) is 4.87. The maximum absolute atomic E-state index is 12.3. The lowest BCUT2D eigenvalue weighted by molar-refractivity contribution is -0.153. The van der Waals surface area contributed by atoms with Gasteiger partial charge in [0, 0.05) is 25.4 Å². The number of hydrogen-bond donors (Lipinski definition) is 1. The molecule has 120 valence electrons. The molecule has 1 aliphatic carbocycles. The van der Waals surface area contributed by atoms with E-state index in [4.69, 9.17) is 0 Å². The number of nitrogens with one attached hydrogen (secondary N) is 1. The van der Waals surface area contributed by atoms with Crippen LogP contribution in [-0.4, -0.2) is 35.8 Å². The van der Waals surface area contributed by atoms with Crippen LogP contribution in [0.4, 0.5) is 0 Å². The Kier molecular flexibility index (Phi) is 5.42. The highest BCUT2D eigenvalue weighted by molar-refractivity contribution is 5.98. The largest absolute Gasteiger partial charge is 0.312 e. The van der Waals surface area contributed by atoms with E-state index in [1.54, 1.807) is 0 Å². The average Bonchev–Trinajstić information content (AvgIpc) is 2.89. The Hall–Kier alpha value is -0.900. The van der Waals surface area contributed by atoms with E-state index in [0.29, 0.717) is 25.3 Å². The molecule has 0 radical (unpaired) electrons. The summed E-state index contributed by atoms with van der Waals surface area (Å²) in [7, 11) is 0. The van der Waals surface area contributed by atoms with Gasteiger partial charge in [0.25, 0.3) is 0 Å². The van der Waals surface area contributed by atoms with Crippen LogP contribution >= 0.6 is 0 Å². The molecule has 0 aromatic heterocycles. The van der Waals surface area contributed by atoms with Crippen LogP contribution in [0.5, 0.6) is 0 Å². The summed E-state index contributed by atoms with van der Waals surface area (Å²) >= 11 is 0. The topological polar surface area (TPSA) is 49.4 Å². The zero-order valence-electron chi connectivity index (χ0n) is 13.8. The van der Waals surface area contributed by atoms with Crippen LogP contribution in [0.15, 0.2) is 0 Å². The lowest BCUT2D eigenvalue weighted by Crippen LogP contribution is -2.53. The summed E-state index contributed by atoms with van der Waals surface area (Å²) in [5.74, 6) is 0.641. The quantitative estimate of drug-likeness (QED) is 0.766. The fourth-order valence-corrected chi connectivity index (χ4v) is 3.68. The maximum Gasteiger partial charge on any atom is 0.229 e. The van der Waals surface area contributed by atoms with Crippen molar-refractivity contribution >= 4 is 11.8 Å². The van der Waals surface area contributed by atoms with E-state index in [0.717, 1.165) is 13.0 Å². The Morgan fingerprint density at radius 2 is 1.76 bits per heavy atom. The number of hydrogen-bond acceptors (Lipinski definition) is 3. The summed E-state index contributed by atoms with van der Waals surface area (Å²) < 4.78 is 0. The molecule has 0 aromatic carbocycles. The number of imide groups is 1. The molecule has 1 N–H and O–H groups in total. The molecule has 2 amide bonds. The number of carbonyl (C=O) groups is 2. The molecular formula is C17H30N2O2. The van der Waals surface area contributed by atoms with E-state index in [9.17, 15) is 9.59 Å². The maximum atomic E-state index is 12.3. The van der Waals surface area contributed by atoms with Gasteiger partial charge in [-0.2, -0.15) is 0 Å². The van der Waals surface area contributed by atoms with Gasteiger partial charge in [-0.3, -0.25) is 14.5 Å². The van der Waals surface area contributed by atoms with Crippen LogP contribution in [0, 0.1) is 11.3 Å². The minimum atomic E-state index is -0.176. The first-order chi connectivity index (χ1) is 9.93. The SMILES string of the molecule is CCCNC(CN1C(=O)CC(C)(C)CC1=O)C1CCCC1. The zero-order valence-corrected chi connectivity index (χ0v) is 13.8. The van der Waals surface area contributed by atoms with E-state index >= 15 is 0 Å². The van der Waals surface area contributed by atoms with Gasteiger partial charge in [0.15, 0.2) is 0 Å². The van der Waals surface area contributed by atoms with Crippen molar-refractivity contribution in [2.75, 3.05) is 13.1 Å². The molecule has 21 heavy (non-hydrogen) atoms. The number of carbonyl (C=O) groups excluding carboxylic acids is 2. The predicted octanol–water partition coefficient (Wildman–Crippen LogP) is 2.72. The summed E-state index contributed by atoms with van der Waals surface area (Å²) in [4.78, 5) is 26.2. The minimum absolute atomic E-state index is 0.0116. The van der Waals surface area contributed by atoms with Crippen molar-refractivity contribution in [2.45, 2.75) is 71.8 Å². The van der Waals surface area contributed by atoms with Crippen molar-refractivity contribution in [3.63, 3.8) is 0 Å². The Labute approximate surface area is 128 Å². The molecule has 4 heteroatoms. The summed E-state index contributed by atoms with van der Waals surface area (Å²) in [6.07, 6.45) is 7.08. The molecule has 1 heterocycles. The van der Waals surface area contributed by atoms with E-state index < -0.39 is 0 Å². The van der Waals surface area contributed by atoms with Crippen molar-refractivity contribution in [1.82, 2.24) is 10.2 Å². The predicted molar refractivity (Wildman–Crippen MR) is 83.8 cm³/mol. The number of rotatable bonds is 6. The fourth-order valence-electron chi connectivity index (χ4n) is 3.68. The normalized spacial score (nSPS) is 24.6. The highest BCUT2D eigenvalue weighted by Gasteiger charge is 2.39. The van der Waals surface area contributed by atoms with Crippen LogP contribution < -0.4 is 5.32 Å². The lowest BCUT2D eigenvalue weighted by Gasteiger charge is -2.37. The summed E-state index contributed by atoms with van der Waals surface area (Å²) in [5, 5.41) is 3.57. The van der Waals surface area contributed by atoms with Gasteiger partial charge in [-0.05, 0) is 37.1 Å². The van der Waals surface area contributed by atoms with Crippen LogP contribution in [0.25, 0.3) is 0 Å². The van der Waals surface area contributed by atoms with Gasteiger partial charge in [-0.1, -0.05) is 33.6 Å². The van der Waals surface area contributed by atoms with Gasteiger partial charge < -0.3 is 5.32 Å². The third-order valence-corrected chi connectivity index (χ3v) is 4.87. The Bertz CT molecular complexity index is 366. The first-order valence-electron chi connectivity index (χ1n) is 8.49. The van der Waals surface area contributed by atoms with Gasteiger partial charge in [0.05, 0.1) is 0 Å². The monoisotopic (exact) mass is 294 g/mol. The number of likely N-dealkylation sites (tertiary alicyclic amines) is 1. The Balaban J connectivity index is 2.01. The number of nitrogens with zero attached hydrogens (tertiary/aromatic N) is 1. The molecule has 0 aromatic rings. The number of piperidine rings is 1. The second-order valence-electron chi connectivity index (χ2n) is 7.52. The molecule has 0 bridgehead atoms. The minimum Gasteiger partial charge on any atom is -0.312 e. The zero-order chi connectivity index (χ0) is 15.5. The van der Waals surface area contributed by atoms with Crippen molar-refractivity contribution in [2.24, 2.45) is 11.3 Å². The van der Waals surface area contributed by atoms with E-state index in [1.165, 1.54) is 30.6 Å². The van der Waals surface area contributed by atoms with E-state index in [2.05, 4.69) is 12.2 Å². The van der Waals surface area contributed by atoms with Crippen LogP contribution in [-0.2, 0) is 9.59 Å². The molecule has 1 unspecified atom stereocenters. The lowest BCUT2D eigenvalue weighted by atomic mass is 9.81. The molecule has 1 saturated heterocycles. The first-order valence-corrected chi connectivity index (χ1v) is 8.49. The van der Waals surface area contributed by atoms with Crippen LogP contribution in [0.1, 0.15) is 65.7 Å². The van der Waals surface area contributed by atoms with Gasteiger partial charge in [-0.25, -0.2) is 0 Å². The second-order valence-corrected chi connectivity index (χ2v) is 7.52. The van der Waals surface area contributed by atoms with Gasteiger partial charge in [0.2, 0.25) is 11.8 Å². The molecule has 4 nitrogen and oxygen atoms in total. The van der Waals surface area contributed by atoms with E-state index in [-0.39, 0.29) is 23.3 Å². The van der Waals surface area contributed by atoms with Crippen molar-refractivity contribution in [1.29, 1.82) is 0 Å². The van der Waals surface area contributed by atoms with Crippen molar-refractivity contribution < 1.29 is 9.59 Å². The van der Waals surface area contributed by atoms with Crippen LogP contribution in [0.3, 0.4) is 0 Å². The van der Waals surface area contributed by atoms with Gasteiger partial charge in [-0.15, -0.1) is 0 Å².